The Kier molecular flexibility index (Phi) is 11.3. The Hall–Kier alpha value is -1.32. The second-order valence-electron chi connectivity index (χ2n) is 7.29. The fourth-order valence-corrected chi connectivity index (χ4v) is 3.59. The zero-order chi connectivity index (χ0) is 18.5. The fraction of sp³-hybridized carbons (Fsp3) is 0.810. The second-order valence-corrected chi connectivity index (χ2v) is 7.29. The molecule has 1 rings (SSSR count). The molecule has 0 aliphatic heterocycles. The molecule has 144 valence electrons. The zero-order valence-electron chi connectivity index (χ0n) is 16.7. The molecule has 0 unspecified atom stereocenters. The molecular weight excluding hydrogens is 312 g/mol. The predicted octanol–water partition coefficient (Wildman–Crippen LogP) is 5.04. The number of unbranched alkanes of at least 4 members (excludes halogenated alkanes) is 9. The summed E-state index contributed by atoms with van der Waals surface area (Å²) in [7, 11) is 0. The SMILES string of the molecule is CCCCCCCCCCCCc1n(CCC)c(C)c[n+]1CC(=O)O. The van der Waals surface area contributed by atoms with Gasteiger partial charge in [0.25, 0.3) is 5.82 Å². The standard InChI is InChI=1S/C21H38N2O2/c1-4-6-7-8-9-10-11-12-13-14-15-20-22(18-21(24)25)17-19(3)23(20)16-5-2/h17H,4-16,18H2,1-3H3/p+1. The van der Waals surface area contributed by atoms with E-state index in [1.807, 2.05) is 10.8 Å². The molecule has 0 aromatic carbocycles. The summed E-state index contributed by atoms with van der Waals surface area (Å²) >= 11 is 0. The van der Waals surface area contributed by atoms with Gasteiger partial charge in [0.1, 0.15) is 11.9 Å². The number of imidazole rings is 1. The van der Waals surface area contributed by atoms with Gasteiger partial charge in [0.05, 0.1) is 6.54 Å². The molecule has 1 heterocycles. The van der Waals surface area contributed by atoms with Crippen LogP contribution in [0, 0.1) is 6.92 Å². The lowest BCUT2D eigenvalue weighted by Gasteiger charge is -2.05. The van der Waals surface area contributed by atoms with Gasteiger partial charge in [-0.25, -0.2) is 13.9 Å². The predicted molar refractivity (Wildman–Crippen MR) is 103 cm³/mol. The minimum Gasteiger partial charge on any atom is -0.478 e. The second kappa shape index (κ2) is 13.0. The summed E-state index contributed by atoms with van der Waals surface area (Å²) < 4.78 is 4.23. The normalized spacial score (nSPS) is 11.2. The quantitative estimate of drug-likeness (QED) is 0.355. The Morgan fingerprint density at radius 2 is 1.52 bits per heavy atom. The highest BCUT2D eigenvalue weighted by atomic mass is 16.4. The number of rotatable bonds is 15. The molecule has 0 bridgehead atoms. The first-order valence-corrected chi connectivity index (χ1v) is 10.4. The Morgan fingerprint density at radius 1 is 0.960 bits per heavy atom. The molecule has 4 heteroatoms. The van der Waals surface area contributed by atoms with E-state index in [0.717, 1.165) is 25.8 Å². The number of hydrogen-bond donors (Lipinski definition) is 1. The van der Waals surface area contributed by atoms with Crippen molar-refractivity contribution in [2.45, 2.75) is 111 Å². The van der Waals surface area contributed by atoms with Crippen molar-refractivity contribution in [2.24, 2.45) is 0 Å². The monoisotopic (exact) mass is 351 g/mol. The molecule has 1 N–H and O–H groups in total. The van der Waals surface area contributed by atoms with Crippen molar-refractivity contribution in [2.75, 3.05) is 0 Å². The third kappa shape index (κ3) is 8.55. The molecule has 0 spiro atoms. The minimum absolute atomic E-state index is 0.0741. The highest BCUT2D eigenvalue weighted by Crippen LogP contribution is 2.13. The fourth-order valence-electron chi connectivity index (χ4n) is 3.59. The van der Waals surface area contributed by atoms with Gasteiger partial charge in [-0.15, -0.1) is 0 Å². The van der Waals surface area contributed by atoms with Crippen molar-refractivity contribution in [3.05, 3.63) is 17.7 Å². The summed E-state index contributed by atoms with van der Waals surface area (Å²) in [5, 5.41) is 9.14. The molecule has 0 atom stereocenters. The lowest BCUT2D eigenvalue weighted by atomic mass is 10.1. The van der Waals surface area contributed by atoms with E-state index in [2.05, 4.69) is 25.3 Å². The molecule has 0 radical (unpaired) electrons. The van der Waals surface area contributed by atoms with Gasteiger partial charge in [0.2, 0.25) is 0 Å². The molecule has 0 aliphatic carbocycles. The van der Waals surface area contributed by atoms with Crippen LogP contribution in [-0.2, 0) is 24.3 Å². The average molecular weight is 352 g/mol. The summed E-state index contributed by atoms with van der Waals surface area (Å²) in [4.78, 5) is 11.1. The van der Waals surface area contributed by atoms with Gasteiger partial charge < -0.3 is 5.11 Å². The number of aromatic nitrogens is 2. The maximum Gasteiger partial charge on any atom is 0.346 e. The maximum atomic E-state index is 11.1. The summed E-state index contributed by atoms with van der Waals surface area (Å²) in [5.74, 6) is 0.421. The molecule has 25 heavy (non-hydrogen) atoms. The van der Waals surface area contributed by atoms with Crippen LogP contribution < -0.4 is 4.57 Å². The smallest absolute Gasteiger partial charge is 0.346 e. The Morgan fingerprint density at radius 3 is 2.04 bits per heavy atom. The number of carboxylic acid groups (broad SMARTS) is 1. The summed E-state index contributed by atoms with van der Waals surface area (Å²) in [5.41, 5.74) is 1.17. The van der Waals surface area contributed by atoms with Gasteiger partial charge in [-0.2, -0.15) is 0 Å². The van der Waals surface area contributed by atoms with E-state index in [1.54, 1.807) is 0 Å². The van der Waals surface area contributed by atoms with Gasteiger partial charge in [0, 0.05) is 13.3 Å². The van der Waals surface area contributed by atoms with E-state index in [4.69, 9.17) is 5.11 Å². The molecule has 0 fully saturated rings. The molecule has 1 aromatic rings. The Labute approximate surface area is 154 Å². The van der Waals surface area contributed by atoms with Crippen molar-refractivity contribution in [3.8, 4) is 0 Å². The summed E-state index contributed by atoms with van der Waals surface area (Å²) in [6.45, 7) is 7.57. The zero-order valence-corrected chi connectivity index (χ0v) is 16.7. The van der Waals surface area contributed by atoms with E-state index in [0.29, 0.717) is 0 Å². The van der Waals surface area contributed by atoms with Crippen molar-refractivity contribution in [1.82, 2.24) is 4.57 Å². The van der Waals surface area contributed by atoms with Crippen molar-refractivity contribution in [1.29, 1.82) is 0 Å². The molecule has 0 saturated heterocycles. The van der Waals surface area contributed by atoms with Crippen LogP contribution in [0.1, 0.15) is 96.0 Å². The number of hydrogen-bond acceptors (Lipinski definition) is 1. The van der Waals surface area contributed by atoms with Crippen LogP contribution in [0.2, 0.25) is 0 Å². The van der Waals surface area contributed by atoms with Gasteiger partial charge in [0.15, 0.2) is 6.54 Å². The number of carboxylic acids is 1. The molecule has 0 aliphatic rings. The van der Waals surface area contributed by atoms with Crippen molar-refractivity contribution >= 4 is 5.97 Å². The first-order valence-electron chi connectivity index (χ1n) is 10.4. The van der Waals surface area contributed by atoms with E-state index in [9.17, 15) is 4.79 Å². The summed E-state index contributed by atoms with van der Waals surface area (Å²) in [6.07, 6.45) is 17.4. The number of aryl methyl sites for hydroxylation is 1. The Bertz CT molecular complexity index is 494. The van der Waals surface area contributed by atoms with E-state index in [1.165, 1.54) is 69.3 Å². The van der Waals surface area contributed by atoms with Gasteiger partial charge in [-0.1, -0.05) is 71.6 Å². The third-order valence-corrected chi connectivity index (χ3v) is 4.92. The lowest BCUT2D eigenvalue weighted by Crippen LogP contribution is -2.41. The number of nitrogens with zero attached hydrogens (tertiary/aromatic N) is 2. The van der Waals surface area contributed by atoms with E-state index >= 15 is 0 Å². The molecule has 0 amide bonds. The maximum absolute atomic E-state index is 11.1. The lowest BCUT2D eigenvalue weighted by molar-refractivity contribution is -0.693. The van der Waals surface area contributed by atoms with Crippen LogP contribution in [0.25, 0.3) is 0 Å². The summed E-state index contributed by atoms with van der Waals surface area (Å²) in [6, 6.07) is 0. The first-order chi connectivity index (χ1) is 12.1. The highest BCUT2D eigenvalue weighted by molar-refractivity contribution is 5.64. The topological polar surface area (TPSA) is 46.1 Å². The van der Waals surface area contributed by atoms with Gasteiger partial charge in [-0.3, -0.25) is 0 Å². The van der Waals surface area contributed by atoms with E-state index < -0.39 is 5.97 Å². The van der Waals surface area contributed by atoms with Crippen LogP contribution >= 0.6 is 0 Å². The highest BCUT2D eigenvalue weighted by Gasteiger charge is 2.21. The first kappa shape index (κ1) is 21.7. The van der Waals surface area contributed by atoms with Crippen LogP contribution in [0.4, 0.5) is 0 Å². The Balaban J connectivity index is 2.34. The third-order valence-electron chi connectivity index (χ3n) is 4.92. The number of aliphatic carboxylic acids is 1. The van der Waals surface area contributed by atoms with Gasteiger partial charge >= 0.3 is 5.97 Å². The van der Waals surface area contributed by atoms with Crippen LogP contribution in [0.5, 0.6) is 0 Å². The average Bonchev–Trinajstić information content (AvgIpc) is 2.84. The van der Waals surface area contributed by atoms with Gasteiger partial charge in [-0.05, 0) is 12.8 Å². The molecule has 0 saturated carbocycles. The minimum atomic E-state index is -0.761. The van der Waals surface area contributed by atoms with Crippen molar-refractivity contribution < 1.29 is 14.5 Å². The number of carbonyl (C=O) groups is 1. The largest absolute Gasteiger partial charge is 0.478 e. The van der Waals surface area contributed by atoms with Crippen LogP contribution in [0.15, 0.2) is 6.20 Å². The van der Waals surface area contributed by atoms with Crippen molar-refractivity contribution in [3.63, 3.8) is 0 Å². The molecular formula is C21H39N2O2+. The molecule has 4 nitrogen and oxygen atoms in total. The molecule has 1 aromatic heterocycles. The van der Waals surface area contributed by atoms with Crippen LogP contribution in [-0.4, -0.2) is 15.6 Å². The van der Waals surface area contributed by atoms with Crippen LogP contribution in [0.3, 0.4) is 0 Å². The van der Waals surface area contributed by atoms with E-state index in [-0.39, 0.29) is 6.54 Å².